The normalized spacial score (nSPS) is 13.8. The molecular weight excluding hydrogens is 362 g/mol. The van der Waals surface area contributed by atoms with E-state index in [9.17, 15) is 9.59 Å². The number of nitrogens with zero attached hydrogens (tertiary/aromatic N) is 3. The Morgan fingerprint density at radius 3 is 2.80 bits per heavy atom. The number of hydrogen-bond acceptors (Lipinski definition) is 5. The Morgan fingerprint density at radius 1 is 1.44 bits per heavy atom. The van der Waals surface area contributed by atoms with Gasteiger partial charge in [-0.05, 0) is 31.0 Å². The summed E-state index contributed by atoms with van der Waals surface area (Å²) >= 11 is 1.45. The molecule has 0 unspecified atom stereocenters. The maximum atomic E-state index is 12.4. The van der Waals surface area contributed by atoms with E-state index in [1.807, 2.05) is 0 Å². The second kappa shape index (κ2) is 7.99. The predicted molar refractivity (Wildman–Crippen MR) is 101 cm³/mol. The van der Waals surface area contributed by atoms with Crippen molar-refractivity contribution in [3.63, 3.8) is 0 Å². The summed E-state index contributed by atoms with van der Waals surface area (Å²) in [4.78, 5) is 27.8. The number of nitrogens with one attached hydrogen (secondary N) is 1. The standard InChI is InChI=1S/C16H21N5O2S.ClH/c1-3-7-21-8-5-10-12(9-21)24-16(13(10)14(17)22)19-15(23)11-4-6-18-20(11)2;/h4,6H,3,5,7-9H2,1-2H3,(H2,17,22)(H,19,23);1H. The zero-order valence-corrected chi connectivity index (χ0v) is 15.9. The van der Waals surface area contributed by atoms with Crippen molar-refractivity contribution < 1.29 is 9.59 Å². The molecule has 3 N–H and O–H groups in total. The smallest absolute Gasteiger partial charge is 0.274 e. The lowest BCUT2D eigenvalue weighted by Gasteiger charge is -2.26. The molecule has 0 spiro atoms. The van der Waals surface area contributed by atoms with Gasteiger partial charge in [-0.25, -0.2) is 0 Å². The van der Waals surface area contributed by atoms with Gasteiger partial charge in [-0.3, -0.25) is 19.2 Å². The van der Waals surface area contributed by atoms with Gasteiger partial charge < -0.3 is 11.1 Å². The van der Waals surface area contributed by atoms with Crippen LogP contribution in [0, 0.1) is 0 Å². The quantitative estimate of drug-likeness (QED) is 0.826. The first kappa shape index (κ1) is 19.4. The third-order valence-electron chi connectivity index (χ3n) is 4.20. The van der Waals surface area contributed by atoms with Gasteiger partial charge >= 0.3 is 0 Å². The summed E-state index contributed by atoms with van der Waals surface area (Å²) in [6.45, 7) is 4.89. The van der Waals surface area contributed by atoms with Gasteiger partial charge in [0.15, 0.2) is 0 Å². The molecule has 25 heavy (non-hydrogen) atoms. The lowest BCUT2D eigenvalue weighted by atomic mass is 10.0. The van der Waals surface area contributed by atoms with E-state index in [4.69, 9.17) is 5.73 Å². The first-order valence-electron chi connectivity index (χ1n) is 7.97. The van der Waals surface area contributed by atoms with Crippen molar-refractivity contribution in [3.8, 4) is 0 Å². The van der Waals surface area contributed by atoms with Crippen LogP contribution >= 0.6 is 23.7 Å². The topological polar surface area (TPSA) is 93.2 Å². The highest BCUT2D eigenvalue weighted by molar-refractivity contribution is 7.17. The molecule has 0 aromatic carbocycles. The Kier molecular flexibility index (Phi) is 6.21. The van der Waals surface area contributed by atoms with Crippen LogP contribution in [-0.4, -0.2) is 39.6 Å². The average molecular weight is 384 g/mol. The highest BCUT2D eigenvalue weighted by Gasteiger charge is 2.27. The molecule has 0 radical (unpaired) electrons. The van der Waals surface area contributed by atoms with Gasteiger partial charge in [0.25, 0.3) is 11.8 Å². The third-order valence-corrected chi connectivity index (χ3v) is 5.33. The summed E-state index contributed by atoms with van der Waals surface area (Å²) in [6, 6.07) is 1.63. The number of thiophene rings is 1. The minimum absolute atomic E-state index is 0. The Hall–Kier alpha value is -1.90. The monoisotopic (exact) mass is 383 g/mol. The van der Waals surface area contributed by atoms with Crippen LogP contribution in [0.4, 0.5) is 5.00 Å². The van der Waals surface area contributed by atoms with Crippen molar-refractivity contribution in [2.24, 2.45) is 12.8 Å². The Bertz CT molecular complexity index is 786. The number of amides is 2. The Labute approximate surface area is 156 Å². The molecule has 0 aliphatic carbocycles. The van der Waals surface area contributed by atoms with Gasteiger partial charge in [-0.15, -0.1) is 23.7 Å². The number of hydrogen-bond donors (Lipinski definition) is 2. The maximum Gasteiger partial charge on any atom is 0.274 e. The van der Waals surface area contributed by atoms with Crippen LogP contribution < -0.4 is 11.1 Å². The molecule has 9 heteroatoms. The van der Waals surface area contributed by atoms with Gasteiger partial charge in [0.1, 0.15) is 10.7 Å². The summed E-state index contributed by atoms with van der Waals surface area (Å²) in [7, 11) is 1.70. The molecule has 7 nitrogen and oxygen atoms in total. The van der Waals surface area contributed by atoms with E-state index in [0.717, 1.165) is 42.9 Å². The predicted octanol–water partition coefficient (Wildman–Crippen LogP) is 2.02. The minimum Gasteiger partial charge on any atom is -0.365 e. The molecule has 2 aromatic rings. The van der Waals surface area contributed by atoms with E-state index in [1.54, 1.807) is 19.3 Å². The highest BCUT2D eigenvalue weighted by atomic mass is 35.5. The molecule has 3 heterocycles. The summed E-state index contributed by atoms with van der Waals surface area (Å²) < 4.78 is 1.50. The summed E-state index contributed by atoms with van der Waals surface area (Å²) in [5.41, 5.74) is 7.47. The molecule has 3 rings (SSSR count). The van der Waals surface area contributed by atoms with Gasteiger partial charge in [-0.1, -0.05) is 6.92 Å². The van der Waals surface area contributed by atoms with Crippen LogP contribution in [0.15, 0.2) is 12.3 Å². The molecule has 1 aliphatic heterocycles. The molecule has 0 fully saturated rings. The van der Waals surface area contributed by atoms with Crippen molar-refractivity contribution in [2.45, 2.75) is 26.3 Å². The Balaban J connectivity index is 0.00000225. The number of aromatic nitrogens is 2. The number of fused-ring (bicyclic) bond motifs is 1. The van der Waals surface area contributed by atoms with E-state index >= 15 is 0 Å². The molecule has 2 amide bonds. The summed E-state index contributed by atoms with van der Waals surface area (Å²) in [5, 5.41) is 7.37. The van der Waals surface area contributed by atoms with Crippen molar-refractivity contribution in [1.29, 1.82) is 0 Å². The van der Waals surface area contributed by atoms with E-state index < -0.39 is 5.91 Å². The fourth-order valence-corrected chi connectivity index (χ4v) is 4.37. The minimum atomic E-state index is -0.489. The molecule has 1 aliphatic rings. The number of primary amides is 1. The molecule has 0 atom stereocenters. The fraction of sp³-hybridized carbons (Fsp3) is 0.438. The van der Waals surface area contributed by atoms with Crippen molar-refractivity contribution in [3.05, 3.63) is 34.0 Å². The van der Waals surface area contributed by atoms with Crippen LogP contribution in [0.3, 0.4) is 0 Å². The second-order valence-corrected chi connectivity index (χ2v) is 7.00. The SMILES string of the molecule is CCCN1CCc2c(sc(NC(=O)c3ccnn3C)c2C(N)=O)C1.Cl. The summed E-state index contributed by atoms with van der Waals surface area (Å²) in [5.74, 6) is -0.779. The summed E-state index contributed by atoms with van der Waals surface area (Å²) in [6.07, 6.45) is 3.44. The van der Waals surface area contributed by atoms with Crippen molar-refractivity contribution >= 4 is 40.6 Å². The van der Waals surface area contributed by atoms with Crippen LogP contribution in [0.2, 0.25) is 0 Å². The molecule has 2 aromatic heterocycles. The number of nitrogens with two attached hydrogens (primary N) is 1. The van der Waals surface area contributed by atoms with Gasteiger partial charge in [-0.2, -0.15) is 5.10 Å². The lowest BCUT2D eigenvalue weighted by Crippen LogP contribution is -2.31. The third kappa shape index (κ3) is 3.86. The highest BCUT2D eigenvalue weighted by Crippen LogP contribution is 2.37. The molecule has 136 valence electrons. The van der Waals surface area contributed by atoms with E-state index in [2.05, 4.69) is 22.2 Å². The number of aryl methyl sites for hydroxylation is 1. The van der Waals surface area contributed by atoms with Crippen molar-refractivity contribution in [1.82, 2.24) is 14.7 Å². The number of halogens is 1. The molecule has 0 saturated heterocycles. The fourth-order valence-electron chi connectivity index (χ4n) is 3.08. The largest absolute Gasteiger partial charge is 0.365 e. The molecular formula is C16H22ClN5O2S. The van der Waals surface area contributed by atoms with Gasteiger partial charge in [0.2, 0.25) is 0 Å². The van der Waals surface area contributed by atoms with Crippen LogP contribution in [0.1, 0.15) is 44.6 Å². The first-order chi connectivity index (χ1) is 11.5. The first-order valence-corrected chi connectivity index (χ1v) is 8.79. The van der Waals surface area contributed by atoms with Gasteiger partial charge in [0.05, 0.1) is 5.56 Å². The van der Waals surface area contributed by atoms with Crippen LogP contribution in [0.5, 0.6) is 0 Å². The van der Waals surface area contributed by atoms with E-state index in [1.165, 1.54) is 16.0 Å². The van der Waals surface area contributed by atoms with Gasteiger partial charge in [0, 0.05) is 31.2 Å². The molecule has 0 saturated carbocycles. The van der Waals surface area contributed by atoms with Crippen LogP contribution in [-0.2, 0) is 20.0 Å². The maximum absolute atomic E-state index is 12.4. The van der Waals surface area contributed by atoms with Crippen molar-refractivity contribution in [2.75, 3.05) is 18.4 Å². The zero-order chi connectivity index (χ0) is 17.3. The lowest BCUT2D eigenvalue weighted by molar-refractivity contribution is 0.1000. The number of carbonyl (C=O) groups excluding carboxylic acids is 2. The number of carbonyl (C=O) groups is 2. The number of rotatable bonds is 5. The Morgan fingerprint density at radius 2 is 2.20 bits per heavy atom. The second-order valence-electron chi connectivity index (χ2n) is 5.89. The number of anilines is 1. The molecule has 0 bridgehead atoms. The van der Waals surface area contributed by atoms with Crippen LogP contribution in [0.25, 0.3) is 0 Å². The average Bonchev–Trinajstić information content (AvgIpc) is 3.10. The van der Waals surface area contributed by atoms with E-state index in [-0.39, 0.29) is 18.3 Å². The van der Waals surface area contributed by atoms with E-state index in [0.29, 0.717) is 16.3 Å². The zero-order valence-electron chi connectivity index (χ0n) is 14.2.